The van der Waals surface area contributed by atoms with Crippen LogP contribution < -0.4 is 5.73 Å². The highest BCUT2D eigenvalue weighted by molar-refractivity contribution is 5.67. The van der Waals surface area contributed by atoms with E-state index in [1.54, 1.807) is 18.2 Å². The standard InChI is InChI=1S/C12H13FN2O/c1-7(2)10-11(16-15-12(10)14)8-5-3-4-6-9(8)13/h3-7H,1-2H3,(H2,14,15). The van der Waals surface area contributed by atoms with Gasteiger partial charge < -0.3 is 10.3 Å². The smallest absolute Gasteiger partial charge is 0.175 e. The van der Waals surface area contributed by atoms with Crippen molar-refractivity contribution in [3.63, 3.8) is 0 Å². The molecule has 0 aliphatic rings. The number of halogens is 1. The number of rotatable bonds is 2. The number of anilines is 1. The van der Waals surface area contributed by atoms with E-state index < -0.39 is 0 Å². The fraction of sp³-hybridized carbons (Fsp3) is 0.250. The van der Waals surface area contributed by atoms with Crippen LogP contribution in [0.4, 0.5) is 10.2 Å². The van der Waals surface area contributed by atoms with E-state index in [-0.39, 0.29) is 11.7 Å². The summed E-state index contributed by atoms with van der Waals surface area (Å²) < 4.78 is 18.7. The summed E-state index contributed by atoms with van der Waals surface area (Å²) in [6.07, 6.45) is 0. The molecule has 1 heterocycles. The quantitative estimate of drug-likeness (QED) is 0.845. The number of hydrogen-bond donors (Lipinski definition) is 1. The first-order valence-electron chi connectivity index (χ1n) is 5.11. The Morgan fingerprint density at radius 2 is 2.00 bits per heavy atom. The van der Waals surface area contributed by atoms with E-state index in [0.717, 1.165) is 5.56 Å². The number of aromatic nitrogens is 1. The van der Waals surface area contributed by atoms with Gasteiger partial charge in [0.2, 0.25) is 0 Å². The van der Waals surface area contributed by atoms with Gasteiger partial charge >= 0.3 is 0 Å². The van der Waals surface area contributed by atoms with E-state index >= 15 is 0 Å². The number of nitrogens with zero attached hydrogens (tertiary/aromatic N) is 1. The van der Waals surface area contributed by atoms with E-state index in [2.05, 4.69) is 5.16 Å². The molecule has 84 valence electrons. The molecule has 0 spiro atoms. The molecule has 0 aliphatic carbocycles. The number of nitrogens with two attached hydrogens (primary N) is 1. The fourth-order valence-corrected chi connectivity index (χ4v) is 1.71. The van der Waals surface area contributed by atoms with Crippen molar-refractivity contribution in [3.05, 3.63) is 35.6 Å². The molecular formula is C12H13FN2O. The minimum absolute atomic E-state index is 0.140. The molecule has 0 unspecified atom stereocenters. The molecule has 16 heavy (non-hydrogen) atoms. The second-order valence-electron chi connectivity index (χ2n) is 3.95. The van der Waals surface area contributed by atoms with Gasteiger partial charge in [-0.05, 0) is 18.1 Å². The van der Waals surface area contributed by atoms with E-state index in [4.69, 9.17) is 10.3 Å². The Labute approximate surface area is 93.1 Å². The van der Waals surface area contributed by atoms with Crippen LogP contribution in [0.25, 0.3) is 11.3 Å². The van der Waals surface area contributed by atoms with Crippen molar-refractivity contribution >= 4 is 5.82 Å². The highest BCUT2D eigenvalue weighted by Crippen LogP contribution is 2.34. The molecule has 2 rings (SSSR count). The maximum absolute atomic E-state index is 13.6. The van der Waals surface area contributed by atoms with Crippen molar-refractivity contribution in [3.8, 4) is 11.3 Å². The summed E-state index contributed by atoms with van der Waals surface area (Å²) in [5.41, 5.74) is 6.86. The average Bonchev–Trinajstić information content (AvgIpc) is 2.61. The van der Waals surface area contributed by atoms with Crippen molar-refractivity contribution < 1.29 is 8.91 Å². The second-order valence-corrected chi connectivity index (χ2v) is 3.95. The van der Waals surface area contributed by atoms with Gasteiger partial charge in [-0.25, -0.2) is 4.39 Å². The van der Waals surface area contributed by atoms with Gasteiger partial charge in [0.1, 0.15) is 5.82 Å². The van der Waals surface area contributed by atoms with E-state index in [0.29, 0.717) is 17.1 Å². The molecule has 0 saturated carbocycles. The lowest BCUT2D eigenvalue weighted by molar-refractivity contribution is 0.432. The van der Waals surface area contributed by atoms with Crippen LogP contribution in [0.2, 0.25) is 0 Å². The van der Waals surface area contributed by atoms with Gasteiger partial charge in [0, 0.05) is 5.56 Å². The van der Waals surface area contributed by atoms with E-state index in [1.165, 1.54) is 6.07 Å². The summed E-state index contributed by atoms with van der Waals surface area (Å²) >= 11 is 0. The monoisotopic (exact) mass is 220 g/mol. The minimum atomic E-state index is -0.333. The normalized spacial score (nSPS) is 11.0. The zero-order valence-corrected chi connectivity index (χ0v) is 9.20. The lowest BCUT2D eigenvalue weighted by Gasteiger charge is -2.05. The van der Waals surface area contributed by atoms with Crippen LogP contribution in [0.1, 0.15) is 25.3 Å². The van der Waals surface area contributed by atoms with Crippen molar-refractivity contribution in [1.82, 2.24) is 5.16 Å². The molecule has 3 nitrogen and oxygen atoms in total. The molecule has 0 bridgehead atoms. The van der Waals surface area contributed by atoms with Crippen LogP contribution in [0, 0.1) is 5.82 Å². The zero-order chi connectivity index (χ0) is 11.7. The largest absolute Gasteiger partial charge is 0.381 e. The summed E-state index contributed by atoms with van der Waals surface area (Å²) in [5, 5.41) is 3.69. The van der Waals surface area contributed by atoms with Crippen molar-refractivity contribution in [2.24, 2.45) is 0 Å². The molecule has 0 radical (unpaired) electrons. The number of hydrogen-bond acceptors (Lipinski definition) is 3. The molecule has 0 fully saturated rings. The van der Waals surface area contributed by atoms with Gasteiger partial charge in [0.25, 0.3) is 0 Å². The van der Waals surface area contributed by atoms with Gasteiger partial charge in [0.05, 0.1) is 5.56 Å². The SMILES string of the molecule is CC(C)c1c(N)noc1-c1ccccc1F. The van der Waals surface area contributed by atoms with Crippen molar-refractivity contribution in [2.45, 2.75) is 19.8 Å². The Kier molecular flexibility index (Phi) is 2.64. The van der Waals surface area contributed by atoms with Crippen LogP contribution in [-0.4, -0.2) is 5.16 Å². The Morgan fingerprint density at radius 1 is 1.31 bits per heavy atom. The maximum Gasteiger partial charge on any atom is 0.175 e. The van der Waals surface area contributed by atoms with Gasteiger partial charge in [-0.3, -0.25) is 0 Å². The Balaban J connectivity index is 2.61. The van der Waals surface area contributed by atoms with Crippen LogP contribution >= 0.6 is 0 Å². The van der Waals surface area contributed by atoms with Gasteiger partial charge in [-0.2, -0.15) is 0 Å². The minimum Gasteiger partial charge on any atom is -0.381 e. The maximum atomic E-state index is 13.6. The molecule has 0 saturated heterocycles. The van der Waals surface area contributed by atoms with Crippen LogP contribution in [-0.2, 0) is 0 Å². The predicted octanol–water partition coefficient (Wildman–Crippen LogP) is 3.19. The van der Waals surface area contributed by atoms with Gasteiger partial charge in [0.15, 0.2) is 11.6 Å². The second kappa shape index (κ2) is 3.96. The first kappa shape index (κ1) is 10.7. The van der Waals surface area contributed by atoms with Crippen LogP contribution in [0.3, 0.4) is 0 Å². The summed E-state index contributed by atoms with van der Waals surface area (Å²) in [4.78, 5) is 0. The molecule has 0 atom stereocenters. The van der Waals surface area contributed by atoms with E-state index in [1.807, 2.05) is 13.8 Å². The third-order valence-corrected chi connectivity index (χ3v) is 2.45. The third kappa shape index (κ3) is 1.66. The molecule has 2 N–H and O–H groups in total. The molecule has 4 heteroatoms. The molecule has 1 aromatic heterocycles. The lowest BCUT2D eigenvalue weighted by atomic mass is 9.99. The lowest BCUT2D eigenvalue weighted by Crippen LogP contribution is -1.95. The first-order valence-corrected chi connectivity index (χ1v) is 5.11. The first-order chi connectivity index (χ1) is 7.61. The predicted molar refractivity (Wildman–Crippen MR) is 60.4 cm³/mol. The summed E-state index contributed by atoms with van der Waals surface area (Å²) in [6.45, 7) is 3.93. The average molecular weight is 220 g/mol. The third-order valence-electron chi connectivity index (χ3n) is 2.45. The van der Waals surface area contributed by atoms with E-state index in [9.17, 15) is 4.39 Å². The molecule has 1 aromatic carbocycles. The van der Waals surface area contributed by atoms with Crippen LogP contribution in [0.15, 0.2) is 28.8 Å². The zero-order valence-electron chi connectivity index (χ0n) is 9.20. The Bertz CT molecular complexity index is 505. The van der Waals surface area contributed by atoms with Crippen molar-refractivity contribution in [2.75, 3.05) is 5.73 Å². The van der Waals surface area contributed by atoms with Crippen molar-refractivity contribution in [1.29, 1.82) is 0 Å². The van der Waals surface area contributed by atoms with Gasteiger partial charge in [-0.15, -0.1) is 0 Å². The number of nitrogen functional groups attached to an aromatic ring is 1. The highest BCUT2D eigenvalue weighted by atomic mass is 19.1. The summed E-state index contributed by atoms with van der Waals surface area (Å²) in [6, 6.07) is 6.42. The molecular weight excluding hydrogens is 207 g/mol. The van der Waals surface area contributed by atoms with Gasteiger partial charge in [-0.1, -0.05) is 31.1 Å². The molecule has 0 amide bonds. The Hall–Kier alpha value is -1.84. The van der Waals surface area contributed by atoms with Crippen LogP contribution in [0.5, 0.6) is 0 Å². The molecule has 0 aliphatic heterocycles. The fourth-order valence-electron chi connectivity index (χ4n) is 1.71. The number of benzene rings is 1. The molecule has 2 aromatic rings. The summed E-state index contributed by atoms with van der Waals surface area (Å²) in [5.74, 6) is 0.556. The Morgan fingerprint density at radius 3 is 2.62 bits per heavy atom. The topological polar surface area (TPSA) is 52.0 Å². The highest BCUT2D eigenvalue weighted by Gasteiger charge is 2.20. The summed E-state index contributed by atoms with van der Waals surface area (Å²) in [7, 11) is 0.